The van der Waals surface area contributed by atoms with Gasteiger partial charge in [-0.2, -0.15) is 0 Å². The lowest BCUT2D eigenvalue weighted by molar-refractivity contribution is -0.140. The van der Waals surface area contributed by atoms with E-state index in [1.54, 1.807) is 0 Å². The van der Waals surface area contributed by atoms with Crippen molar-refractivity contribution in [3.05, 3.63) is 0 Å². The van der Waals surface area contributed by atoms with Gasteiger partial charge in [0.25, 0.3) is 0 Å². The van der Waals surface area contributed by atoms with Crippen molar-refractivity contribution in [1.29, 1.82) is 0 Å². The van der Waals surface area contributed by atoms with E-state index in [1.165, 1.54) is 13.5 Å². The SMILES string of the molecule is COC(=O)CCCNC1CC(C)N(C)C1. The zero-order valence-electron chi connectivity index (χ0n) is 9.95. The Morgan fingerprint density at radius 3 is 2.87 bits per heavy atom. The molecule has 1 fully saturated rings. The van der Waals surface area contributed by atoms with E-state index in [2.05, 4.69) is 28.9 Å². The number of nitrogens with zero attached hydrogens (tertiary/aromatic N) is 1. The fourth-order valence-corrected chi connectivity index (χ4v) is 1.98. The van der Waals surface area contributed by atoms with Gasteiger partial charge in [0, 0.05) is 25.0 Å². The number of nitrogens with one attached hydrogen (secondary N) is 1. The predicted octanol–water partition coefficient (Wildman–Crippen LogP) is 0.622. The first-order valence-corrected chi connectivity index (χ1v) is 5.64. The predicted molar refractivity (Wildman–Crippen MR) is 59.7 cm³/mol. The minimum Gasteiger partial charge on any atom is -0.469 e. The number of carbonyl (C=O) groups excluding carboxylic acids is 1. The second-order valence-electron chi connectivity index (χ2n) is 4.36. The Morgan fingerprint density at radius 1 is 1.60 bits per heavy atom. The smallest absolute Gasteiger partial charge is 0.305 e. The molecule has 0 spiro atoms. The normalized spacial score (nSPS) is 26.9. The summed E-state index contributed by atoms with van der Waals surface area (Å²) in [6.45, 7) is 4.26. The van der Waals surface area contributed by atoms with Crippen LogP contribution in [0.2, 0.25) is 0 Å². The van der Waals surface area contributed by atoms with Crippen molar-refractivity contribution < 1.29 is 9.53 Å². The van der Waals surface area contributed by atoms with Crippen LogP contribution in [0.4, 0.5) is 0 Å². The van der Waals surface area contributed by atoms with Gasteiger partial charge < -0.3 is 15.0 Å². The highest BCUT2D eigenvalue weighted by Gasteiger charge is 2.25. The van der Waals surface area contributed by atoms with Gasteiger partial charge in [-0.1, -0.05) is 0 Å². The van der Waals surface area contributed by atoms with Crippen LogP contribution < -0.4 is 5.32 Å². The van der Waals surface area contributed by atoms with Gasteiger partial charge in [0.15, 0.2) is 0 Å². The molecule has 2 atom stereocenters. The third-order valence-corrected chi connectivity index (χ3v) is 3.10. The number of likely N-dealkylation sites (tertiary alicyclic amines) is 1. The Hall–Kier alpha value is -0.610. The van der Waals surface area contributed by atoms with Crippen LogP contribution >= 0.6 is 0 Å². The first-order chi connectivity index (χ1) is 7.13. The van der Waals surface area contributed by atoms with Gasteiger partial charge >= 0.3 is 5.97 Å². The van der Waals surface area contributed by atoms with E-state index in [-0.39, 0.29) is 5.97 Å². The molecule has 0 saturated carbocycles. The van der Waals surface area contributed by atoms with E-state index in [0.29, 0.717) is 18.5 Å². The van der Waals surface area contributed by atoms with Gasteiger partial charge in [0.1, 0.15) is 0 Å². The van der Waals surface area contributed by atoms with E-state index >= 15 is 0 Å². The number of carbonyl (C=O) groups is 1. The molecule has 1 N–H and O–H groups in total. The molecule has 1 aliphatic heterocycles. The Morgan fingerprint density at radius 2 is 2.33 bits per heavy atom. The monoisotopic (exact) mass is 214 g/mol. The molecule has 0 aromatic rings. The second-order valence-corrected chi connectivity index (χ2v) is 4.36. The van der Waals surface area contributed by atoms with E-state index < -0.39 is 0 Å². The maximum absolute atomic E-state index is 10.9. The number of likely N-dealkylation sites (N-methyl/N-ethyl adjacent to an activating group) is 1. The number of methoxy groups -OCH3 is 1. The van der Waals surface area contributed by atoms with E-state index in [4.69, 9.17) is 0 Å². The average molecular weight is 214 g/mol. The molecule has 1 heterocycles. The molecular formula is C11H22N2O2. The number of hydrogen-bond acceptors (Lipinski definition) is 4. The zero-order chi connectivity index (χ0) is 11.3. The lowest BCUT2D eigenvalue weighted by atomic mass is 10.2. The topological polar surface area (TPSA) is 41.6 Å². The highest BCUT2D eigenvalue weighted by molar-refractivity contribution is 5.69. The third-order valence-electron chi connectivity index (χ3n) is 3.10. The molecule has 88 valence electrons. The highest BCUT2D eigenvalue weighted by Crippen LogP contribution is 2.14. The lowest BCUT2D eigenvalue weighted by Crippen LogP contribution is -2.32. The van der Waals surface area contributed by atoms with Crippen molar-refractivity contribution in [3.63, 3.8) is 0 Å². The van der Waals surface area contributed by atoms with Crippen LogP contribution in [0.1, 0.15) is 26.2 Å². The van der Waals surface area contributed by atoms with Crippen molar-refractivity contribution in [2.75, 3.05) is 27.2 Å². The molecule has 0 aromatic carbocycles. The van der Waals surface area contributed by atoms with Crippen LogP contribution in [-0.2, 0) is 9.53 Å². The maximum Gasteiger partial charge on any atom is 0.305 e. The van der Waals surface area contributed by atoms with Crippen molar-refractivity contribution in [3.8, 4) is 0 Å². The minimum absolute atomic E-state index is 0.117. The Bertz CT molecular complexity index is 199. The quantitative estimate of drug-likeness (QED) is 0.538. The number of hydrogen-bond donors (Lipinski definition) is 1. The summed E-state index contributed by atoms with van der Waals surface area (Å²) in [6.07, 6.45) is 2.58. The van der Waals surface area contributed by atoms with Crippen LogP contribution in [0.25, 0.3) is 0 Å². The van der Waals surface area contributed by atoms with E-state index in [0.717, 1.165) is 19.5 Å². The molecular weight excluding hydrogens is 192 g/mol. The lowest BCUT2D eigenvalue weighted by Gasteiger charge is -2.13. The number of ether oxygens (including phenoxy) is 1. The minimum atomic E-state index is -0.117. The van der Waals surface area contributed by atoms with Crippen LogP contribution in [0.3, 0.4) is 0 Å². The molecule has 4 heteroatoms. The summed E-state index contributed by atoms with van der Waals surface area (Å²) in [5.41, 5.74) is 0. The van der Waals surface area contributed by atoms with Crippen LogP contribution in [0, 0.1) is 0 Å². The summed E-state index contributed by atoms with van der Waals surface area (Å²) in [5.74, 6) is -0.117. The van der Waals surface area contributed by atoms with Crippen molar-refractivity contribution in [2.45, 2.75) is 38.3 Å². The van der Waals surface area contributed by atoms with Crippen molar-refractivity contribution in [2.24, 2.45) is 0 Å². The zero-order valence-corrected chi connectivity index (χ0v) is 9.95. The van der Waals surface area contributed by atoms with E-state index in [1.807, 2.05) is 0 Å². The Kier molecular flexibility index (Phi) is 5.05. The molecule has 0 radical (unpaired) electrons. The third kappa shape index (κ3) is 4.18. The van der Waals surface area contributed by atoms with E-state index in [9.17, 15) is 4.79 Å². The summed E-state index contributed by atoms with van der Waals surface area (Å²) >= 11 is 0. The molecule has 1 rings (SSSR count). The molecule has 0 aliphatic carbocycles. The maximum atomic E-state index is 10.9. The molecule has 0 aromatic heterocycles. The fraction of sp³-hybridized carbons (Fsp3) is 0.909. The molecule has 1 saturated heterocycles. The summed E-state index contributed by atoms with van der Waals surface area (Å²) in [6, 6.07) is 1.26. The van der Waals surface area contributed by atoms with Crippen molar-refractivity contribution in [1.82, 2.24) is 10.2 Å². The Balaban J connectivity index is 2.04. The first kappa shape index (κ1) is 12.5. The molecule has 2 unspecified atom stereocenters. The van der Waals surface area contributed by atoms with Crippen LogP contribution in [0.15, 0.2) is 0 Å². The highest BCUT2D eigenvalue weighted by atomic mass is 16.5. The number of rotatable bonds is 5. The largest absolute Gasteiger partial charge is 0.469 e. The summed E-state index contributed by atoms with van der Waals surface area (Å²) in [5, 5.41) is 3.47. The summed E-state index contributed by atoms with van der Waals surface area (Å²) < 4.78 is 4.58. The van der Waals surface area contributed by atoms with Gasteiger partial charge in [-0.3, -0.25) is 4.79 Å². The average Bonchev–Trinajstić information content (AvgIpc) is 2.53. The van der Waals surface area contributed by atoms with Gasteiger partial charge in [0.2, 0.25) is 0 Å². The first-order valence-electron chi connectivity index (χ1n) is 5.64. The molecule has 4 nitrogen and oxygen atoms in total. The summed E-state index contributed by atoms with van der Waals surface area (Å²) in [7, 11) is 3.59. The fourth-order valence-electron chi connectivity index (χ4n) is 1.98. The van der Waals surface area contributed by atoms with Gasteiger partial charge in [-0.15, -0.1) is 0 Å². The molecule has 0 amide bonds. The summed E-state index contributed by atoms with van der Waals surface area (Å²) in [4.78, 5) is 13.2. The van der Waals surface area contributed by atoms with Gasteiger partial charge in [-0.25, -0.2) is 0 Å². The van der Waals surface area contributed by atoms with Gasteiger partial charge in [0.05, 0.1) is 7.11 Å². The Labute approximate surface area is 92.0 Å². The molecule has 1 aliphatic rings. The second kappa shape index (κ2) is 6.08. The van der Waals surface area contributed by atoms with Crippen molar-refractivity contribution >= 4 is 5.97 Å². The van der Waals surface area contributed by atoms with Crippen LogP contribution in [0.5, 0.6) is 0 Å². The van der Waals surface area contributed by atoms with Crippen LogP contribution in [-0.4, -0.2) is 50.2 Å². The van der Waals surface area contributed by atoms with Gasteiger partial charge in [-0.05, 0) is 33.4 Å². The number of esters is 1. The standard InChI is InChI=1S/C11H22N2O2/c1-9-7-10(8-13(9)2)12-6-4-5-11(14)15-3/h9-10,12H,4-8H2,1-3H3. The molecule has 15 heavy (non-hydrogen) atoms. The molecule has 0 bridgehead atoms.